The molecule has 3 saturated carbocycles. The maximum absolute atomic E-state index is 9.05. The summed E-state index contributed by atoms with van der Waals surface area (Å²) in [5, 5.41) is 12.8. The standard InChI is InChI=1S/C14H22N2/c15-8-12-2-1-3-14(12)16-9-13(10-4-5-10)11-6-7-11/h10-14,16H,1-7,9H2. The van der Waals surface area contributed by atoms with Crippen LogP contribution in [0.25, 0.3) is 0 Å². The van der Waals surface area contributed by atoms with Crippen LogP contribution in [-0.2, 0) is 0 Å². The summed E-state index contributed by atoms with van der Waals surface area (Å²) in [4.78, 5) is 0. The Bertz CT molecular complexity index is 274. The zero-order valence-electron chi connectivity index (χ0n) is 9.99. The summed E-state index contributed by atoms with van der Waals surface area (Å²) in [7, 11) is 0. The second-order valence-corrected chi connectivity index (χ2v) is 6.02. The van der Waals surface area contributed by atoms with Crippen molar-refractivity contribution in [1.29, 1.82) is 5.26 Å². The predicted molar refractivity (Wildman–Crippen MR) is 63.7 cm³/mol. The molecule has 0 amide bonds. The molecule has 3 aliphatic rings. The van der Waals surface area contributed by atoms with Gasteiger partial charge in [-0.3, -0.25) is 0 Å². The number of rotatable bonds is 5. The van der Waals surface area contributed by atoms with E-state index in [-0.39, 0.29) is 0 Å². The van der Waals surface area contributed by atoms with Crippen molar-refractivity contribution < 1.29 is 0 Å². The number of nitrogens with zero attached hydrogens (tertiary/aromatic N) is 1. The zero-order chi connectivity index (χ0) is 11.0. The van der Waals surface area contributed by atoms with Crippen LogP contribution >= 0.6 is 0 Å². The maximum atomic E-state index is 9.05. The highest BCUT2D eigenvalue weighted by Crippen LogP contribution is 2.49. The van der Waals surface area contributed by atoms with Gasteiger partial charge in [-0.05, 0) is 62.8 Å². The summed E-state index contributed by atoms with van der Waals surface area (Å²) in [5.41, 5.74) is 0. The Balaban J connectivity index is 1.49. The van der Waals surface area contributed by atoms with Gasteiger partial charge in [0.15, 0.2) is 0 Å². The molecule has 0 heterocycles. The van der Waals surface area contributed by atoms with Gasteiger partial charge in [0.2, 0.25) is 0 Å². The summed E-state index contributed by atoms with van der Waals surface area (Å²) < 4.78 is 0. The Kier molecular flexibility index (Phi) is 2.90. The van der Waals surface area contributed by atoms with Crippen LogP contribution in [0.4, 0.5) is 0 Å². The third kappa shape index (κ3) is 2.25. The van der Waals surface area contributed by atoms with E-state index in [1.54, 1.807) is 0 Å². The Morgan fingerprint density at radius 1 is 1.06 bits per heavy atom. The monoisotopic (exact) mass is 218 g/mol. The lowest BCUT2D eigenvalue weighted by Crippen LogP contribution is -2.36. The van der Waals surface area contributed by atoms with E-state index in [4.69, 9.17) is 5.26 Å². The zero-order valence-corrected chi connectivity index (χ0v) is 9.99. The van der Waals surface area contributed by atoms with Crippen LogP contribution in [0.1, 0.15) is 44.9 Å². The molecule has 0 aromatic carbocycles. The summed E-state index contributed by atoms with van der Waals surface area (Å²) in [6.45, 7) is 1.19. The van der Waals surface area contributed by atoms with Crippen LogP contribution in [0, 0.1) is 35.0 Å². The molecule has 2 unspecified atom stereocenters. The molecule has 16 heavy (non-hydrogen) atoms. The lowest BCUT2D eigenvalue weighted by molar-refractivity contribution is 0.342. The number of nitriles is 1. The molecule has 2 nitrogen and oxygen atoms in total. The minimum Gasteiger partial charge on any atom is -0.312 e. The van der Waals surface area contributed by atoms with Crippen molar-refractivity contribution in [2.45, 2.75) is 51.0 Å². The van der Waals surface area contributed by atoms with Gasteiger partial charge < -0.3 is 5.32 Å². The molecule has 3 rings (SSSR count). The van der Waals surface area contributed by atoms with Crippen molar-refractivity contribution in [2.24, 2.45) is 23.7 Å². The smallest absolute Gasteiger partial charge is 0.0672 e. The van der Waals surface area contributed by atoms with Gasteiger partial charge in [-0.1, -0.05) is 6.42 Å². The highest BCUT2D eigenvalue weighted by Gasteiger charge is 2.41. The van der Waals surface area contributed by atoms with Gasteiger partial charge in [-0.25, -0.2) is 0 Å². The number of nitrogens with one attached hydrogen (secondary N) is 1. The predicted octanol–water partition coefficient (Wildman–Crippen LogP) is 2.70. The minimum atomic E-state index is 0.291. The van der Waals surface area contributed by atoms with E-state index in [9.17, 15) is 0 Å². The molecule has 0 aromatic heterocycles. The van der Waals surface area contributed by atoms with E-state index < -0.39 is 0 Å². The van der Waals surface area contributed by atoms with E-state index in [1.807, 2.05) is 0 Å². The van der Waals surface area contributed by atoms with E-state index in [0.29, 0.717) is 12.0 Å². The van der Waals surface area contributed by atoms with Crippen molar-refractivity contribution in [2.75, 3.05) is 6.54 Å². The summed E-state index contributed by atoms with van der Waals surface area (Å²) >= 11 is 0. The highest BCUT2D eigenvalue weighted by atomic mass is 14.9. The van der Waals surface area contributed by atoms with Crippen molar-refractivity contribution >= 4 is 0 Å². The van der Waals surface area contributed by atoms with Crippen molar-refractivity contribution in [1.82, 2.24) is 5.32 Å². The molecule has 0 radical (unpaired) electrons. The van der Waals surface area contributed by atoms with Gasteiger partial charge in [0.05, 0.1) is 12.0 Å². The van der Waals surface area contributed by atoms with E-state index in [0.717, 1.165) is 24.2 Å². The molecule has 0 aromatic rings. The minimum absolute atomic E-state index is 0.291. The first-order valence-electron chi connectivity index (χ1n) is 7.01. The van der Waals surface area contributed by atoms with Crippen LogP contribution in [0.3, 0.4) is 0 Å². The van der Waals surface area contributed by atoms with Crippen molar-refractivity contribution in [3.63, 3.8) is 0 Å². The highest BCUT2D eigenvalue weighted by molar-refractivity contribution is 4.98. The second-order valence-electron chi connectivity index (χ2n) is 6.02. The Labute approximate surface area is 98.4 Å². The third-order valence-electron chi connectivity index (χ3n) is 4.75. The van der Waals surface area contributed by atoms with E-state index >= 15 is 0 Å². The topological polar surface area (TPSA) is 35.8 Å². The first kappa shape index (κ1) is 10.6. The second kappa shape index (κ2) is 4.37. The molecule has 88 valence electrons. The molecule has 0 bridgehead atoms. The van der Waals surface area contributed by atoms with Gasteiger partial charge in [0, 0.05) is 6.04 Å². The van der Waals surface area contributed by atoms with E-state index in [2.05, 4.69) is 11.4 Å². The fraction of sp³-hybridized carbons (Fsp3) is 0.929. The molecule has 1 N–H and O–H groups in total. The molecule has 3 fully saturated rings. The van der Waals surface area contributed by atoms with Crippen LogP contribution in [-0.4, -0.2) is 12.6 Å². The fourth-order valence-electron chi connectivity index (χ4n) is 3.41. The number of hydrogen-bond donors (Lipinski definition) is 1. The molecule has 2 atom stereocenters. The SMILES string of the molecule is N#CC1CCCC1NCC(C1CC1)C1CC1. The Morgan fingerprint density at radius 3 is 2.31 bits per heavy atom. The largest absolute Gasteiger partial charge is 0.312 e. The van der Waals surface area contributed by atoms with Crippen LogP contribution in [0.15, 0.2) is 0 Å². The first-order chi connectivity index (χ1) is 7.88. The van der Waals surface area contributed by atoms with E-state index in [1.165, 1.54) is 45.1 Å². The third-order valence-corrected chi connectivity index (χ3v) is 4.75. The Morgan fingerprint density at radius 2 is 1.75 bits per heavy atom. The molecule has 2 heteroatoms. The van der Waals surface area contributed by atoms with Crippen molar-refractivity contribution in [3.05, 3.63) is 0 Å². The van der Waals surface area contributed by atoms with Gasteiger partial charge >= 0.3 is 0 Å². The number of hydrogen-bond acceptors (Lipinski definition) is 2. The average Bonchev–Trinajstić information content (AvgIpc) is 3.19. The van der Waals surface area contributed by atoms with Gasteiger partial charge in [0.25, 0.3) is 0 Å². The maximum Gasteiger partial charge on any atom is 0.0672 e. The average molecular weight is 218 g/mol. The molecular formula is C14H22N2. The summed E-state index contributed by atoms with van der Waals surface area (Å²) in [6.07, 6.45) is 9.45. The molecule has 0 spiro atoms. The van der Waals surface area contributed by atoms with Crippen molar-refractivity contribution in [3.8, 4) is 6.07 Å². The lowest BCUT2D eigenvalue weighted by Gasteiger charge is -2.21. The summed E-state index contributed by atoms with van der Waals surface area (Å²) in [5.74, 6) is 3.29. The van der Waals surface area contributed by atoms with Crippen LogP contribution in [0.5, 0.6) is 0 Å². The fourth-order valence-corrected chi connectivity index (χ4v) is 3.41. The van der Waals surface area contributed by atoms with Gasteiger partial charge in [-0.2, -0.15) is 5.26 Å². The van der Waals surface area contributed by atoms with Gasteiger partial charge in [0.1, 0.15) is 0 Å². The normalized spacial score (nSPS) is 34.2. The summed E-state index contributed by atoms with van der Waals surface area (Å²) in [6, 6.07) is 2.97. The molecule has 3 aliphatic carbocycles. The van der Waals surface area contributed by atoms with Gasteiger partial charge in [-0.15, -0.1) is 0 Å². The lowest BCUT2D eigenvalue weighted by atomic mass is 9.96. The molecule has 0 saturated heterocycles. The van der Waals surface area contributed by atoms with Crippen LogP contribution < -0.4 is 5.32 Å². The Hall–Kier alpha value is -0.550. The van der Waals surface area contributed by atoms with Crippen LogP contribution in [0.2, 0.25) is 0 Å². The molecule has 0 aliphatic heterocycles. The molecular weight excluding hydrogens is 196 g/mol. The quantitative estimate of drug-likeness (QED) is 0.770. The first-order valence-corrected chi connectivity index (χ1v) is 7.01.